The number of rotatable bonds is 7. The van der Waals surface area contributed by atoms with Crippen molar-refractivity contribution < 1.29 is 4.79 Å². The summed E-state index contributed by atoms with van der Waals surface area (Å²) in [7, 11) is 0. The third-order valence-corrected chi connectivity index (χ3v) is 5.97. The highest BCUT2D eigenvalue weighted by atomic mass is 32.1. The van der Waals surface area contributed by atoms with Crippen molar-refractivity contribution in [2.45, 2.75) is 13.0 Å². The maximum Gasteiger partial charge on any atom is 0.271 e. The van der Waals surface area contributed by atoms with Crippen LogP contribution in [-0.2, 0) is 13.0 Å². The SMILES string of the molecule is C=CCN(Cc1cccc(C#N)c1)C(=O)c1cnc2sc(Cc3ccccc3)cn2c1=O. The van der Waals surface area contributed by atoms with Gasteiger partial charge in [-0.1, -0.05) is 48.5 Å². The van der Waals surface area contributed by atoms with E-state index in [0.717, 1.165) is 16.0 Å². The fraction of sp³-hybridized carbons (Fsp3) is 0.120. The minimum atomic E-state index is -0.421. The summed E-state index contributed by atoms with van der Waals surface area (Å²) in [5, 5.41) is 9.12. The Kier molecular flexibility index (Phi) is 6.24. The van der Waals surface area contributed by atoms with Gasteiger partial charge in [-0.25, -0.2) is 4.98 Å². The molecule has 0 fully saturated rings. The molecule has 2 aromatic heterocycles. The molecule has 4 rings (SSSR count). The Morgan fingerprint density at radius 1 is 1.19 bits per heavy atom. The topological polar surface area (TPSA) is 78.5 Å². The second-order valence-corrected chi connectivity index (χ2v) is 8.37. The highest BCUT2D eigenvalue weighted by Crippen LogP contribution is 2.19. The standard InChI is InChI=1S/C25H20N4O2S/c1-2-11-28(16-20-10-6-9-19(12-20)14-26)23(30)22-15-27-25-29(24(22)31)17-21(32-25)13-18-7-4-3-5-8-18/h2-10,12,15,17H,1,11,13,16H2. The summed E-state index contributed by atoms with van der Waals surface area (Å²) in [4.78, 5) is 33.8. The Morgan fingerprint density at radius 3 is 2.72 bits per heavy atom. The minimum Gasteiger partial charge on any atom is -0.330 e. The minimum absolute atomic E-state index is 0.00449. The van der Waals surface area contributed by atoms with Crippen LogP contribution in [0.15, 0.2) is 84.4 Å². The van der Waals surface area contributed by atoms with E-state index in [0.29, 0.717) is 16.9 Å². The van der Waals surface area contributed by atoms with Crippen molar-refractivity contribution in [3.05, 3.63) is 117 Å². The molecule has 1 amide bonds. The van der Waals surface area contributed by atoms with E-state index in [1.165, 1.54) is 26.8 Å². The van der Waals surface area contributed by atoms with Crippen molar-refractivity contribution in [3.63, 3.8) is 0 Å². The molecule has 0 bridgehead atoms. The van der Waals surface area contributed by atoms with E-state index < -0.39 is 11.5 Å². The quantitative estimate of drug-likeness (QED) is 0.406. The molecule has 7 heteroatoms. The molecule has 6 nitrogen and oxygen atoms in total. The monoisotopic (exact) mass is 440 g/mol. The molecule has 0 saturated carbocycles. The largest absolute Gasteiger partial charge is 0.330 e. The molecular weight excluding hydrogens is 420 g/mol. The van der Waals surface area contributed by atoms with E-state index in [2.05, 4.69) is 17.6 Å². The smallest absolute Gasteiger partial charge is 0.271 e. The predicted molar refractivity (Wildman–Crippen MR) is 125 cm³/mol. The number of hydrogen-bond acceptors (Lipinski definition) is 5. The Morgan fingerprint density at radius 2 is 1.97 bits per heavy atom. The average Bonchev–Trinajstić information content (AvgIpc) is 3.23. The lowest BCUT2D eigenvalue weighted by atomic mass is 10.1. The molecule has 4 aromatic rings. The fourth-order valence-electron chi connectivity index (χ4n) is 3.46. The van der Waals surface area contributed by atoms with Crippen LogP contribution in [0.5, 0.6) is 0 Å². The van der Waals surface area contributed by atoms with Crippen LogP contribution in [0.4, 0.5) is 0 Å². The van der Waals surface area contributed by atoms with Crippen molar-refractivity contribution >= 4 is 22.2 Å². The van der Waals surface area contributed by atoms with Crippen molar-refractivity contribution in [2.24, 2.45) is 0 Å². The first-order chi connectivity index (χ1) is 15.6. The van der Waals surface area contributed by atoms with Gasteiger partial charge < -0.3 is 4.90 Å². The lowest BCUT2D eigenvalue weighted by molar-refractivity contribution is 0.0760. The molecular formula is C25H20N4O2S. The first-order valence-electron chi connectivity index (χ1n) is 10.0. The molecule has 0 spiro atoms. The van der Waals surface area contributed by atoms with Gasteiger partial charge in [0.2, 0.25) is 0 Å². The molecule has 0 atom stereocenters. The van der Waals surface area contributed by atoms with E-state index in [4.69, 9.17) is 5.26 Å². The van der Waals surface area contributed by atoms with Gasteiger partial charge in [0, 0.05) is 36.8 Å². The summed E-state index contributed by atoms with van der Waals surface area (Å²) < 4.78 is 1.44. The maximum absolute atomic E-state index is 13.2. The highest BCUT2D eigenvalue weighted by molar-refractivity contribution is 7.17. The number of carbonyl (C=O) groups is 1. The second kappa shape index (κ2) is 9.41. The first-order valence-corrected chi connectivity index (χ1v) is 10.8. The molecule has 0 saturated heterocycles. The maximum atomic E-state index is 13.2. The van der Waals surface area contributed by atoms with Crippen LogP contribution >= 0.6 is 11.3 Å². The number of aromatic nitrogens is 2. The van der Waals surface area contributed by atoms with E-state index in [1.807, 2.05) is 36.4 Å². The first kappa shape index (κ1) is 21.2. The van der Waals surface area contributed by atoms with Gasteiger partial charge in [-0.3, -0.25) is 14.0 Å². The highest BCUT2D eigenvalue weighted by Gasteiger charge is 2.21. The van der Waals surface area contributed by atoms with Gasteiger partial charge in [-0.2, -0.15) is 5.26 Å². The fourth-order valence-corrected chi connectivity index (χ4v) is 4.43. The molecule has 0 aliphatic heterocycles. The molecule has 158 valence electrons. The van der Waals surface area contributed by atoms with Gasteiger partial charge in [0.1, 0.15) is 5.56 Å². The number of fused-ring (bicyclic) bond motifs is 1. The van der Waals surface area contributed by atoms with E-state index >= 15 is 0 Å². The van der Waals surface area contributed by atoms with Crippen LogP contribution < -0.4 is 5.56 Å². The van der Waals surface area contributed by atoms with Gasteiger partial charge in [0.05, 0.1) is 11.6 Å². The van der Waals surface area contributed by atoms with Crippen LogP contribution in [0.25, 0.3) is 4.96 Å². The number of hydrogen-bond donors (Lipinski definition) is 0. The zero-order chi connectivity index (χ0) is 22.5. The lowest BCUT2D eigenvalue weighted by Crippen LogP contribution is -2.35. The van der Waals surface area contributed by atoms with Gasteiger partial charge in [-0.15, -0.1) is 17.9 Å². The van der Waals surface area contributed by atoms with Gasteiger partial charge >= 0.3 is 0 Å². The van der Waals surface area contributed by atoms with Gasteiger partial charge in [0.15, 0.2) is 4.96 Å². The Bertz CT molecular complexity index is 1380. The lowest BCUT2D eigenvalue weighted by Gasteiger charge is -2.21. The van der Waals surface area contributed by atoms with Crippen LogP contribution in [0.1, 0.15) is 31.9 Å². The summed E-state index contributed by atoms with van der Waals surface area (Å²) in [6.45, 7) is 4.24. The second-order valence-electron chi connectivity index (χ2n) is 7.28. The molecule has 32 heavy (non-hydrogen) atoms. The van der Waals surface area contributed by atoms with Crippen LogP contribution in [0.2, 0.25) is 0 Å². The number of nitrogens with zero attached hydrogens (tertiary/aromatic N) is 4. The third kappa shape index (κ3) is 4.51. The normalized spacial score (nSPS) is 10.6. The molecule has 2 aromatic carbocycles. The van der Waals surface area contributed by atoms with Crippen molar-refractivity contribution in [2.75, 3.05) is 6.54 Å². The summed E-state index contributed by atoms with van der Waals surface area (Å²) in [5.74, 6) is -0.421. The van der Waals surface area contributed by atoms with E-state index in [-0.39, 0.29) is 18.7 Å². The summed E-state index contributed by atoms with van der Waals surface area (Å²) in [5.41, 5.74) is 2.07. The van der Waals surface area contributed by atoms with E-state index in [1.54, 1.807) is 30.5 Å². The molecule has 2 heterocycles. The van der Waals surface area contributed by atoms with Crippen LogP contribution in [0.3, 0.4) is 0 Å². The number of thiazole rings is 1. The van der Waals surface area contributed by atoms with Gasteiger partial charge in [0.25, 0.3) is 11.5 Å². The Hall–Kier alpha value is -4.02. The average molecular weight is 441 g/mol. The van der Waals surface area contributed by atoms with Crippen molar-refractivity contribution in [1.29, 1.82) is 5.26 Å². The van der Waals surface area contributed by atoms with Gasteiger partial charge in [-0.05, 0) is 23.3 Å². The molecule has 0 N–H and O–H groups in total. The predicted octanol–water partition coefficient (Wildman–Crippen LogP) is 4.05. The van der Waals surface area contributed by atoms with Crippen molar-refractivity contribution in [3.8, 4) is 6.07 Å². The number of nitriles is 1. The molecule has 0 unspecified atom stereocenters. The third-order valence-electron chi connectivity index (χ3n) is 4.97. The summed E-state index contributed by atoms with van der Waals surface area (Å²) in [6, 6.07) is 19.1. The number of carbonyl (C=O) groups excluding carboxylic acids is 1. The summed E-state index contributed by atoms with van der Waals surface area (Å²) >= 11 is 1.43. The molecule has 0 aliphatic rings. The van der Waals surface area contributed by atoms with Crippen LogP contribution in [0, 0.1) is 11.3 Å². The Balaban J connectivity index is 1.63. The zero-order valence-corrected chi connectivity index (χ0v) is 18.1. The van der Waals surface area contributed by atoms with E-state index in [9.17, 15) is 9.59 Å². The zero-order valence-electron chi connectivity index (χ0n) is 17.3. The number of amides is 1. The van der Waals surface area contributed by atoms with Crippen molar-refractivity contribution in [1.82, 2.24) is 14.3 Å². The summed E-state index contributed by atoms with van der Waals surface area (Å²) in [6.07, 6.45) is 5.41. The Labute approximate surface area is 189 Å². The number of benzene rings is 2. The molecule has 0 radical (unpaired) electrons. The molecule has 0 aliphatic carbocycles. The van der Waals surface area contributed by atoms with Crippen LogP contribution in [-0.4, -0.2) is 26.7 Å².